The van der Waals surface area contributed by atoms with Crippen molar-refractivity contribution in [3.05, 3.63) is 36.1 Å². The van der Waals surface area contributed by atoms with Gasteiger partial charge in [-0.2, -0.15) is 0 Å². The van der Waals surface area contributed by atoms with E-state index in [1.807, 2.05) is 31.5 Å². The first-order chi connectivity index (χ1) is 7.72. The molecule has 84 valence electrons. The number of nitrogens with one attached hydrogen (secondary N) is 1. The minimum absolute atomic E-state index is 0.0971. The van der Waals surface area contributed by atoms with Crippen LogP contribution < -0.4 is 5.32 Å². The molecule has 3 nitrogen and oxygen atoms in total. The SMILES string of the molecule is CN[C@@H](CC1=CN=C2C=CC=CC12)C(C)=O. The Bertz CT molecular complexity index is 416. The molecule has 0 radical (unpaired) electrons. The van der Waals surface area contributed by atoms with Gasteiger partial charge in [0, 0.05) is 12.1 Å². The van der Waals surface area contributed by atoms with Gasteiger partial charge in [-0.15, -0.1) is 0 Å². The number of carbonyl (C=O) groups excluding carboxylic acids is 1. The molecule has 2 aliphatic rings. The number of fused-ring (bicyclic) bond motifs is 1. The topological polar surface area (TPSA) is 41.5 Å². The summed E-state index contributed by atoms with van der Waals surface area (Å²) in [5.74, 6) is 0.451. The maximum absolute atomic E-state index is 11.4. The average Bonchev–Trinajstić information content (AvgIpc) is 2.69. The molecule has 2 rings (SSSR count). The van der Waals surface area contributed by atoms with Gasteiger partial charge in [0.15, 0.2) is 0 Å². The van der Waals surface area contributed by atoms with Gasteiger partial charge >= 0.3 is 0 Å². The van der Waals surface area contributed by atoms with Crippen molar-refractivity contribution in [3.63, 3.8) is 0 Å². The lowest BCUT2D eigenvalue weighted by atomic mass is 9.88. The van der Waals surface area contributed by atoms with Gasteiger partial charge in [0.25, 0.3) is 0 Å². The standard InChI is InChI=1S/C13H16N2O/c1-9(16)13(14-2)7-10-8-15-12-6-4-3-5-11(10)12/h3-6,8,11,13-14H,7H2,1-2H3/t11?,13-/m0/s1. The lowest BCUT2D eigenvalue weighted by Gasteiger charge is -2.18. The largest absolute Gasteiger partial charge is 0.310 e. The summed E-state index contributed by atoms with van der Waals surface area (Å²) in [5, 5.41) is 3.04. The molecule has 0 saturated carbocycles. The van der Waals surface area contributed by atoms with Gasteiger partial charge < -0.3 is 5.32 Å². The van der Waals surface area contributed by atoms with Crippen LogP contribution in [0.25, 0.3) is 0 Å². The molecule has 1 unspecified atom stereocenters. The van der Waals surface area contributed by atoms with Crippen molar-refractivity contribution in [3.8, 4) is 0 Å². The molecule has 0 aromatic rings. The first-order valence-electron chi connectivity index (χ1n) is 5.51. The van der Waals surface area contributed by atoms with Crippen molar-refractivity contribution < 1.29 is 4.79 Å². The molecule has 0 fully saturated rings. The highest BCUT2D eigenvalue weighted by Crippen LogP contribution is 2.28. The van der Waals surface area contributed by atoms with Gasteiger partial charge in [-0.1, -0.05) is 18.2 Å². The first kappa shape index (κ1) is 11.0. The lowest BCUT2D eigenvalue weighted by Crippen LogP contribution is -2.33. The molecular formula is C13H16N2O. The molecule has 0 spiro atoms. The minimum Gasteiger partial charge on any atom is -0.310 e. The summed E-state index contributed by atoms with van der Waals surface area (Å²) in [5.41, 5.74) is 2.29. The van der Waals surface area contributed by atoms with E-state index in [1.54, 1.807) is 6.92 Å². The van der Waals surface area contributed by atoms with Crippen molar-refractivity contribution in [2.45, 2.75) is 19.4 Å². The van der Waals surface area contributed by atoms with Crippen LogP contribution >= 0.6 is 0 Å². The summed E-state index contributed by atoms with van der Waals surface area (Å²) < 4.78 is 0. The molecule has 1 heterocycles. The van der Waals surface area contributed by atoms with Crippen molar-refractivity contribution in [1.29, 1.82) is 0 Å². The van der Waals surface area contributed by atoms with Crippen LogP contribution in [0.2, 0.25) is 0 Å². The normalized spacial score (nSPS) is 23.8. The highest BCUT2D eigenvalue weighted by molar-refractivity contribution is 6.03. The summed E-state index contributed by atoms with van der Waals surface area (Å²) >= 11 is 0. The molecule has 0 aromatic heterocycles. The Morgan fingerprint density at radius 2 is 2.38 bits per heavy atom. The maximum Gasteiger partial charge on any atom is 0.146 e. The molecule has 0 saturated heterocycles. The van der Waals surface area contributed by atoms with E-state index in [2.05, 4.69) is 16.4 Å². The molecule has 0 amide bonds. The number of hydrogen-bond acceptors (Lipinski definition) is 3. The zero-order valence-electron chi connectivity index (χ0n) is 9.60. The summed E-state index contributed by atoms with van der Waals surface area (Å²) in [7, 11) is 1.82. The van der Waals surface area contributed by atoms with Crippen molar-refractivity contribution >= 4 is 11.5 Å². The van der Waals surface area contributed by atoms with Crippen LogP contribution in [0.3, 0.4) is 0 Å². The number of ketones is 1. The zero-order chi connectivity index (χ0) is 11.5. The van der Waals surface area contributed by atoms with Crippen molar-refractivity contribution in [2.75, 3.05) is 7.05 Å². The summed E-state index contributed by atoms with van der Waals surface area (Å²) in [6.45, 7) is 1.62. The predicted molar refractivity (Wildman–Crippen MR) is 65.4 cm³/mol. The van der Waals surface area contributed by atoms with Crippen LogP contribution in [-0.2, 0) is 4.79 Å². The van der Waals surface area contributed by atoms with E-state index in [9.17, 15) is 4.79 Å². The van der Waals surface area contributed by atoms with Gasteiger partial charge in [-0.3, -0.25) is 9.79 Å². The van der Waals surface area contributed by atoms with Crippen molar-refractivity contribution in [1.82, 2.24) is 5.32 Å². The molecule has 1 aliphatic heterocycles. The predicted octanol–water partition coefficient (Wildman–Crippen LogP) is 1.63. The molecule has 3 heteroatoms. The number of allylic oxidation sites excluding steroid dienone is 4. The number of aliphatic imine (C=N–C) groups is 1. The Kier molecular flexibility index (Phi) is 3.15. The molecule has 0 aromatic carbocycles. The Balaban J connectivity index is 2.06. The van der Waals surface area contributed by atoms with Crippen LogP contribution in [0.4, 0.5) is 0 Å². The summed E-state index contributed by atoms with van der Waals surface area (Å²) in [4.78, 5) is 15.7. The molecule has 1 N–H and O–H groups in total. The fraction of sp³-hybridized carbons (Fsp3) is 0.385. The first-order valence-corrected chi connectivity index (χ1v) is 5.51. The van der Waals surface area contributed by atoms with Crippen LogP contribution in [0.1, 0.15) is 13.3 Å². The number of Topliss-reactive ketones (excluding diaryl/α,β-unsaturated/α-hetero) is 1. The van der Waals surface area contributed by atoms with E-state index in [0.29, 0.717) is 0 Å². The van der Waals surface area contributed by atoms with Crippen LogP contribution in [0.5, 0.6) is 0 Å². The van der Waals surface area contributed by atoms with Crippen LogP contribution in [-0.4, -0.2) is 24.6 Å². The third kappa shape index (κ3) is 2.04. The number of rotatable bonds is 4. The Morgan fingerprint density at radius 3 is 3.06 bits per heavy atom. The number of likely N-dealkylation sites (N-methyl/N-ethyl adjacent to an activating group) is 1. The van der Waals surface area contributed by atoms with E-state index in [0.717, 1.165) is 12.1 Å². The van der Waals surface area contributed by atoms with Crippen LogP contribution in [0, 0.1) is 5.92 Å². The Hall–Kier alpha value is -1.48. The zero-order valence-corrected chi connectivity index (χ0v) is 9.60. The highest BCUT2D eigenvalue weighted by atomic mass is 16.1. The third-order valence-electron chi connectivity index (χ3n) is 3.06. The van der Waals surface area contributed by atoms with E-state index in [4.69, 9.17) is 0 Å². The fourth-order valence-corrected chi connectivity index (χ4v) is 2.07. The van der Waals surface area contributed by atoms with E-state index in [1.165, 1.54) is 5.57 Å². The second kappa shape index (κ2) is 4.58. The van der Waals surface area contributed by atoms with E-state index >= 15 is 0 Å². The smallest absolute Gasteiger partial charge is 0.146 e. The fourth-order valence-electron chi connectivity index (χ4n) is 2.07. The van der Waals surface area contributed by atoms with Gasteiger partial charge in [0.1, 0.15) is 5.78 Å². The molecule has 0 bridgehead atoms. The maximum atomic E-state index is 11.4. The van der Waals surface area contributed by atoms with Gasteiger partial charge in [0.05, 0.1) is 11.8 Å². The Labute approximate surface area is 95.6 Å². The molecule has 1 aliphatic carbocycles. The third-order valence-corrected chi connectivity index (χ3v) is 3.06. The summed E-state index contributed by atoms with van der Waals surface area (Å²) in [6, 6.07) is -0.0971. The molecule has 2 atom stereocenters. The number of carbonyl (C=O) groups is 1. The number of nitrogens with zero attached hydrogens (tertiary/aromatic N) is 1. The van der Waals surface area contributed by atoms with E-state index in [-0.39, 0.29) is 17.7 Å². The second-order valence-corrected chi connectivity index (χ2v) is 4.14. The van der Waals surface area contributed by atoms with E-state index < -0.39 is 0 Å². The second-order valence-electron chi connectivity index (χ2n) is 4.14. The van der Waals surface area contributed by atoms with Crippen LogP contribution in [0.15, 0.2) is 41.1 Å². The van der Waals surface area contributed by atoms with Crippen molar-refractivity contribution in [2.24, 2.45) is 10.9 Å². The number of hydrogen-bond donors (Lipinski definition) is 1. The lowest BCUT2D eigenvalue weighted by molar-refractivity contribution is -0.118. The Morgan fingerprint density at radius 1 is 1.56 bits per heavy atom. The highest BCUT2D eigenvalue weighted by Gasteiger charge is 2.25. The van der Waals surface area contributed by atoms with Gasteiger partial charge in [0.2, 0.25) is 0 Å². The quantitative estimate of drug-likeness (QED) is 0.776. The molecular weight excluding hydrogens is 200 g/mol. The monoisotopic (exact) mass is 216 g/mol. The molecule has 16 heavy (non-hydrogen) atoms. The minimum atomic E-state index is -0.0971. The average molecular weight is 216 g/mol. The summed E-state index contributed by atoms with van der Waals surface area (Å²) in [6.07, 6.45) is 10.8. The van der Waals surface area contributed by atoms with Gasteiger partial charge in [-0.25, -0.2) is 0 Å². The van der Waals surface area contributed by atoms with Gasteiger partial charge in [-0.05, 0) is 32.0 Å².